The van der Waals surface area contributed by atoms with Crippen LogP contribution in [0.25, 0.3) is 0 Å². The van der Waals surface area contributed by atoms with Gasteiger partial charge in [-0.15, -0.1) is 10.1 Å². The summed E-state index contributed by atoms with van der Waals surface area (Å²) in [5.41, 5.74) is 0. The second-order valence-corrected chi connectivity index (χ2v) is 2.94. The lowest BCUT2D eigenvalue weighted by molar-refractivity contribution is -0.782. The lowest BCUT2D eigenvalue weighted by Crippen LogP contribution is -2.50. The Morgan fingerprint density at radius 3 is 1.94 bits per heavy atom. The van der Waals surface area contributed by atoms with Crippen LogP contribution in [0, 0.1) is 10.1 Å². The maximum atomic E-state index is 9.78. The van der Waals surface area contributed by atoms with Gasteiger partial charge < -0.3 is 30.6 Å². The van der Waals surface area contributed by atoms with Gasteiger partial charge in [0.1, 0.15) is 24.4 Å². The Labute approximate surface area is 89.0 Å². The largest absolute Gasteiger partial charge is 0.394 e. The minimum atomic E-state index is -2.38. The minimum absolute atomic E-state index is 0.906. The predicted molar refractivity (Wildman–Crippen MR) is 45.2 cm³/mol. The SMILES string of the molecule is O=[N+]([O-])OC(O)[C@H](O)[C@H](O)[C@H](O)[C@H](O)CO. The Bertz CT molecular complexity index is 224. The Morgan fingerprint density at radius 2 is 1.56 bits per heavy atom. The van der Waals surface area contributed by atoms with Gasteiger partial charge in [0, 0.05) is 0 Å². The van der Waals surface area contributed by atoms with Crippen LogP contribution in [0.2, 0.25) is 0 Å². The molecule has 0 saturated heterocycles. The summed E-state index contributed by atoms with van der Waals surface area (Å²) in [5.74, 6) is 0. The van der Waals surface area contributed by atoms with Gasteiger partial charge in [0.05, 0.1) is 6.61 Å². The van der Waals surface area contributed by atoms with Crippen LogP contribution in [0.1, 0.15) is 0 Å². The summed E-state index contributed by atoms with van der Waals surface area (Å²) in [5, 5.41) is 61.8. The van der Waals surface area contributed by atoms with Crippen LogP contribution in [0.5, 0.6) is 0 Å². The van der Waals surface area contributed by atoms with Crippen LogP contribution < -0.4 is 0 Å². The molecule has 0 rings (SSSR count). The van der Waals surface area contributed by atoms with E-state index in [1.54, 1.807) is 0 Å². The number of aliphatic hydroxyl groups is 6. The number of hydrogen-bond acceptors (Lipinski definition) is 9. The van der Waals surface area contributed by atoms with Crippen molar-refractivity contribution in [2.75, 3.05) is 6.61 Å². The molecule has 0 saturated carbocycles. The maximum Gasteiger partial charge on any atom is 0.297 e. The zero-order chi connectivity index (χ0) is 12.9. The van der Waals surface area contributed by atoms with Crippen LogP contribution in [0.3, 0.4) is 0 Å². The Balaban J connectivity index is 4.35. The quantitative estimate of drug-likeness (QED) is 0.148. The molecular formula is C6H13NO9. The highest BCUT2D eigenvalue weighted by Gasteiger charge is 2.35. The fraction of sp³-hybridized carbons (Fsp3) is 1.00. The first kappa shape index (κ1) is 15.0. The highest BCUT2D eigenvalue weighted by atomic mass is 17.0. The predicted octanol–water partition coefficient (Wildman–Crippen LogP) is -4.05. The fourth-order valence-electron chi connectivity index (χ4n) is 0.857. The van der Waals surface area contributed by atoms with E-state index in [4.69, 9.17) is 30.6 Å². The molecule has 0 fully saturated rings. The van der Waals surface area contributed by atoms with Crippen LogP contribution in [-0.2, 0) is 4.84 Å². The number of hydrogen-bond donors (Lipinski definition) is 6. The summed E-state index contributed by atoms with van der Waals surface area (Å²) in [6.07, 6.45) is -10.5. The first-order valence-electron chi connectivity index (χ1n) is 4.13. The summed E-state index contributed by atoms with van der Waals surface area (Å²) in [7, 11) is 0. The van der Waals surface area contributed by atoms with Gasteiger partial charge in [-0.3, -0.25) is 4.84 Å². The van der Waals surface area contributed by atoms with Gasteiger partial charge >= 0.3 is 0 Å². The summed E-state index contributed by atoms with van der Waals surface area (Å²) in [6.45, 7) is -0.906. The Hall–Kier alpha value is -1.04. The van der Waals surface area contributed by atoms with E-state index in [1.807, 2.05) is 0 Å². The average molecular weight is 243 g/mol. The number of nitrogens with zero attached hydrogens (tertiary/aromatic N) is 1. The van der Waals surface area contributed by atoms with E-state index in [-0.39, 0.29) is 0 Å². The van der Waals surface area contributed by atoms with Crippen molar-refractivity contribution >= 4 is 0 Å². The molecule has 0 heterocycles. The van der Waals surface area contributed by atoms with Crippen LogP contribution in [0.4, 0.5) is 0 Å². The molecule has 0 aliphatic carbocycles. The third kappa shape index (κ3) is 4.22. The van der Waals surface area contributed by atoms with E-state index in [9.17, 15) is 10.1 Å². The van der Waals surface area contributed by atoms with Crippen molar-refractivity contribution in [1.29, 1.82) is 0 Å². The van der Waals surface area contributed by atoms with Gasteiger partial charge in [-0.25, -0.2) is 0 Å². The molecule has 0 spiro atoms. The summed E-state index contributed by atoms with van der Waals surface area (Å²) >= 11 is 0. The molecule has 0 bridgehead atoms. The molecule has 0 amide bonds. The molecule has 0 aromatic heterocycles. The monoisotopic (exact) mass is 243 g/mol. The van der Waals surface area contributed by atoms with E-state index in [2.05, 4.69) is 4.84 Å². The van der Waals surface area contributed by atoms with E-state index in [0.29, 0.717) is 0 Å². The van der Waals surface area contributed by atoms with Crippen LogP contribution in [0.15, 0.2) is 0 Å². The van der Waals surface area contributed by atoms with Gasteiger partial charge in [-0.2, -0.15) is 0 Å². The maximum absolute atomic E-state index is 9.78. The lowest BCUT2D eigenvalue weighted by atomic mass is 10.0. The van der Waals surface area contributed by atoms with E-state index < -0.39 is 42.4 Å². The second kappa shape index (κ2) is 6.52. The summed E-state index contributed by atoms with van der Waals surface area (Å²) in [6, 6.07) is 0. The van der Waals surface area contributed by atoms with Gasteiger partial charge in [-0.1, -0.05) is 0 Å². The minimum Gasteiger partial charge on any atom is -0.394 e. The molecule has 0 aliphatic rings. The van der Waals surface area contributed by atoms with Crippen molar-refractivity contribution in [3.63, 3.8) is 0 Å². The van der Waals surface area contributed by atoms with E-state index >= 15 is 0 Å². The van der Waals surface area contributed by atoms with Crippen molar-refractivity contribution in [3.05, 3.63) is 10.1 Å². The summed E-state index contributed by atoms with van der Waals surface area (Å²) < 4.78 is 0. The molecule has 1 unspecified atom stereocenters. The van der Waals surface area contributed by atoms with Gasteiger partial charge in [-0.05, 0) is 0 Å². The molecule has 6 N–H and O–H groups in total. The molecule has 0 aromatic carbocycles. The smallest absolute Gasteiger partial charge is 0.297 e. The zero-order valence-electron chi connectivity index (χ0n) is 7.95. The Morgan fingerprint density at radius 1 is 1.06 bits per heavy atom. The number of aliphatic hydroxyl groups excluding tert-OH is 6. The fourth-order valence-corrected chi connectivity index (χ4v) is 0.857. The topological polar surface area (TPSA) is 174 Å². The standard InChI is InChI=1S/C6H13NO9/c8-1-2(9)3(10)4(11)5(12)6(13)16-7(14)15/h2-6,8-13H,1H2/t2-,3-,4-,5-,6?/m1/s1. The van der Waals surface area contributed by atoms with Crippen molar-refractivity contribution in [1.82, 2.24) is 0 Å². The molecule has 0 aromatic rings. The first-order chi connectivity index (χ1) is 7.31. The zero-order valence-corrected chi connectivity index (χ0v) is 7.95. The molecular weight excluding hydrogens is 230 g/mol. The normalized spacial score (nSPS) is 20.6. The summed E-state index contributed by atoms with van der Waals surface area (Å²) in [4.78, 5) is 13.3. The molecule has 96 valence electrons. The molecule has 10 heteroatoms. The van der Waals surface area contributed by atoms with Crippen molar-refractivity contribution < 1.29 is 40.6 Å². The molecule has 0 radical (unpaired) electrons. The van der Waals surface area contributed by atoms with Crippen molar-refractivity contribution in [2.45, 2.75) is 30.7 Å². The third-order valence-electron chi connectivity index (χ3n) is 1.77. The lowest BCUT2D eigenvalue weighted by Gasteiger charge is -2.27. The third-order valence-corrected chi connectivity index (χ3v) is 1.77. The Kier molecular flexibility index (Phi) is 6.10. The van der Waals surface area contributed by atoms with E-state index in [0.717, 1.165) is 0 Å². The molecule has 10 nitrogen and oxygen atoms in total. The highest BCUT2D eigenvalue weighted by molar-refractivity contribution is 4.81. The highest BCUT2D eigenvalue weighted by Crippen LogP contribution is 2.09. The van der Waals surface area contributed by atoms with Gasteiger partial charge in [0.25, 0.3) is 5.09 Å². The molecule has 5 atom stereocenters. The second-order valence-electron chi connectivity index (χ2n) is 2.94. The van der Waals surface area contributed by atoms with Crippen molar-refractivity contribution in [3.8, 4) is 0 Å². The van der Waals surface area contributed by atoms with Gasteiger partial charge in [0.15, 0.2) is 0 Å². The van der Waals surface area contributed by atoms with Gasteiger partial charge in [0.2, 0.25) is 6.29 Å². The average Bonchev–Trinajstić information content (AvgIpc) is 2.23. The number of rotatable bonds is 7. The molecule has 16 heavy (non-hydrogen) atoms. The van der Waals surface area contributed by atoms with Crippen molar-refractivity contribution in [2.24, 2.45) is 0 Å². The molecule has 0 aliphatic heterocycles. The van der Waals surface area contributed by atoms with E-state index in [1.165, 1.54) is 0 Å². The first-order valence-corrected chi connectivity index (χ1v) is 4.13. The van der Waals surface area contributed by atoms with Crippen LogP contribution >= 0.6 is 0 Å². The van der Waals surface area contributed by atoms with Crippen LogP contribution in [-0.4, -0.2) is 73.0 Å².